The van der Waals surface area contributed by atoms with Gasteiger partial charge in [0.15, 0.2) is 0 Å². The first-order chi connectivity index (χ1) is 8.29. The van der Waals surface area contributed by atoms with Crippen molar-refractivity contribution in [3.63, 3.8) is 0 Å². The molecule has 0 amide bonds. The maximum atomic E-state index is 4.30. The molecule has 0 atom stereocenters. The van der Waals surface area contributed by atoms with Gasteiger partial charge in [0.2, 0.25) is 0 Å². The summed E-state index contributed by atoms with van der Waals surface area (Å²) >= 11 is 0. The lowest BCUT2D eigenvalue weighted by atomic mass is 10.1. The molecule has 0 aliphatic carbocycles. The molecule has 0 unspecified atom stereocenters. The molecule has 0 aliphatic rings. The number of aryl methyl sites for hydroxylation is 1. The van der Waals surface area contributed by atoms with Gasteiger partial charge in [0, 0.05) is 18.4 Å². The fourth-order valence-corrected chi connectivity index (χ4v) is 1.84. The highest BCUT2D eigenvalue weighted by Crippen LogP contribution is 2.08. The van der Waals surface area contributed by atoms with Crippen molar-refractivity contribution in [1.82, 2.24) is 15.1 Å². The van der Waals surface area contributed by atoms with Crippen LogP contribution in [0.1, 0.15) is 23.7 Å². The Kier molecular flexibility index (Phi) is 3.94. The highest BCUT2D eigenvalue weighted by molar-refractivity contribution is 5.24. The van der Waals surface area contributed by atoms with E-state index in [0.29, 0.717) is 0 Å². The molecule has 0 spiro atoms. The molecular formula is C14H19N3. The number of rotatable bonds is 5. The number of nitrogens with zero attached hydrogens (tertiary/aromatic N) is 2. The van der Waals surface area contributed by atoms with Gasteiger partial charge in [0.05, 0.1) is 6.54 Å². The SMILES string of the molecule is CCNCc1cccc(Cn2nccc2C)c1. The summed E-state index contributed by atoms with van der Waals surface area (Å²) in [5, 5.41) is 7.64. The van der Waals surface area contributed by atoms with Gasteiger partial charge in [-0.1, -0.05) is 31.2 Å². The average molecular weight is 229 g/mol. The van der Waals surface area contributed by atoms with Crippen LogP contribution in [0.5, 0.6) is 0 Å². The van der Waals surface area contributed by atoms with Gasteiger partial charge in [-0.05, 0) is 30.7 Å². The van der Waals surface area contributed by atoms with Gasteiger partial charge in [0.25, 0.3) is 0 Å². The molecule has 0 fully saturated rings. The molecule has 0 saturated carbocycles. The number of nitrogens with one attached hydrogen (secondary N) is 1. The van der Waals surface area contributed by atoms with Gasteiger partial charge < -0.3 is 5.32 Å². The van der Waals surface area contributed by atoms with E-state index in [-0.39, 0.29) is 0 Å². The van der Waals surface area contributed by atoms with Crippen molar-refractivity contribution in [2.24, 2.45) is 0 Å². The Morgan fingerprint density at radius 2 is 2.06 bits per heavy atom. The summed E-state index contributed by atoms with van der Waals surface area (Å²) in [7, 11) is 0. The molecule has 90 valence electrons. The number of hydrogen-bond acceptors (Lipinski definition) is 2. The van der Waals surface area contributed by atoms with E-state index in [0.717, 1.165) is 19.6 Å². The fraction of sp³-hybridized carbons (Fsp3) is 0.357. The molecule has 1 heterocycles. The van der Waals surface area contributed by atoms with E-state index in [1.165, 1.54) is 16.8 Å². The second-order valence-corrected chi connectivity index (χ2v) is 4.23. The van der Waals surface area contributed by atoms with E-state index < -0.39 is 0 Å². The second kappa shape index (κ2) is 5.64. The van der Waals surface area contributed by atoms with Crippen molar-refractivity contribution in [2.75, 3.05) is 6.54 Å². The van der Waals surface area contributed by atoms with Crippen LogP contribution in [-0.2, 0) is 13.1 Å². The van der Waals surface area contributed by atoms with Crippen molar-refractivity contribution < 1.29 is 0 Å². The summed E-state index contributed by atoms with van der Waals surface area (Å²) in [6, 6.07) is 10.7. The Bertz CT molecular complexity index is 474. The lowest BCUT2D eigenvalue weighted by Gasteiger charge is -2.07. The molecule has 0 saturated heterocycles. The number of hydrogen-bond donors (Lipinski definition) is 1. The molecule has 1 N–H and O–H groups in total. The first kappa shape index (κ1) is 11.9. The highest BCUT2D eigenvalue weighted by atomic mass is 15.3. The van der Waals surface area contributed by atoms with E-state index >= 15 is 0 Å². The van der Waals surface area contributed by atoms with E-state index in [1.54, 1.807) is 0 Å². The second-order valence-electron chi connectivity index (χ2n) is 4.23. The molecule has 2 rings (SSSR count). The summed E-state index contributed by atoms with van der Waals surface area (Å²) in [5.74, 6) is 0. The summed E-state index contributed by atoms with van der Waals surface area (Å²) in [5.41, 5.74) is 3.82. The molecule has 3 nitrogen and oxygen atoms in total. The van der Waals surface area contributed by atoms with Crippen LogP contribution in [0.4, 0.5) is 0 Å². The third kappa shape index (κ3) is 3.17. The van der Waals surface area contributed by atoms with Gasteiger partial charge in [-0.3, -0.25) is 4.68 Å². The van der Waals surface area contributed by atoms with Crippen molar-refractivity contribution in [1.29, 1.82) is 0 Å². The Hall–Kier alpha value is -1.61. The minimum absolute atomic E-state index is 0.846. The van der Waals surface area contributed by atoms with Crippen LogP contribution in [0.25, 0.3) is 0 Å². The van der Waals surface area contributed by atoms with Gasteiger partial charge in [-0.2, -0.15) is 5.10 Å². The summed E-state index contributed by atoms with van der Waals surface area (Å²) < 4.78 is 2.02. The van der Waals surface area contributed by atoms with Gasteiger partial charge >= 0.3 is 0 Å². The zero-order valence-corrected chi connectivity index (χ0v) is 10.5. The third-order valence-electron chi connectivity index (χ3n) is 2.83. The molecule has 0 aliphatic heterocycles. The largest absolute Gasteiger partial charge is 0.313 e. The molecular weight excluding hydrogens is 210 g/mol. The Morgan fingerprint density at radius 1 is 1.24 bits per heavy atom. The van der Waals surface area contributed by atoms with Crippen LogP contribution in [-0.4, -0.2) is 16.3 Å². The molecule has 0 bridgehead atoms. The summed E-state index contributed by atoms with van der Waals surface area (Å²) in [6.07, 6.45) is 1.85. The molecule has 17 heavy (non-hydrogen) atoms. The van der Waals surface area contributed by atoms with Gasteiger partial charge in [-0.25, -0.2) is 0 Å². The third-order valence-corrected chi connectivity index (χ3v) is 2.83. The van der Waals surface area contributed by atoms with Gasteiger partial charge in [0.1, 0.15) is 0 Å². The van der Waals surface area contributed by atoms with Crippen LogP contribution in [0.3, 0.4) is 0 Å². The average Bonchev–Trinajstić information content (AvgIpc) is 2.73. The molecule has 2 aromatic rings. The van der Waals surface area contributed by atoms with Crippen molar-refractivity contribution in [2.45, 2.75) is 26.9 Å². The topological polar surface area (TPSA) is 29.9 Å². The Labute approximate surface area is 102 Å². The fourth-order valence-electron chi connectivity index (χ4n) is 1.84. The number of aromatic nitrogens is 2. The minimum Gasteiger partial charge on any atom is -0.313 e. The van der Waals surface area contributed by atoms with Crippen molar-refractivity contribution in [3.05, 3.63) is 53.3 Å². The molecule has 1 aromatic heterocycles. The van der Waals surface area contributed by atoms with E-state index in [1.807, 2.05) is 16.9 Å². The molecule has 0 radical (unpaired) electrons. The maximum absolute atomic E-state index is 4.30. The zero-order valence-electron chi connectivity index (χ0n) is 10.5. The van der Waals surface area contributed by atoms with Crippen LogP contribution in [0.15, 0.2) is 36.5 Å². The minimum atomic E-state index is 0.846. The monoisotopic (exact) mass is 229 g/mol. The van der Waals surface area contributed by atoms with E-state index in [9.17, 15) is 0 Å². The predicted octanol–water partition coefficient (Wildman–Crippen LogP) is 2.35. The van der Waals surface area contributed by atoms with Crippen LogP contribution >= 0.6 is 0 Å². The molecule has 3 heteroatoms. The lowest BCUT2D eigenvalue weighted by molar-refractivity contribution is 0.662. The van der Waals surface area contributed by atoms with Crippen LogP contribution in [0.2, 0.25) is 0 Å². The quantitative estimate of drug-likeness (QED) is 0.853. The number of benzene rings is 1. The first-order valence-electron chi connectivity index (χ1n) is 6.06. The van der Waals surface area contributed by atoms with Crippen molar-refractivity contribution in [3.8, 4) is 0 Å². The van der Waals surface area contributed by atoms with Crippen LogP contribution in [0, 0.1) is 6.92 Å². The Balaban J connectivity index is 2.08. The van der Waals surface area contributed by atoms with Crippen molar-refractivity contribution >= 4 is 0 Å². The zero-order chi connectivity index (χ0) is 12.1. The van der Waals surface area contributed by atoms with E-state index in [4.69, 9.17) is 0 Å². The normalized spacial score (nSPS) is 10.7. The standard InChI is InChI=1S/C14H19N3/c1-3-15-10-13-5-4-6-14(9-13)11-17-12(2)7-8-16-17/h4-9,15H,3,10-11H2,1-2H3. The lowest BCUT2D eigenvalue weighted by Crippen LogP contribution is -2.12. The van der Waals surface area contributed by atoms with Gasteiger partial charge in [-0.15, -0.1) is 0 Å². The van der Waals surface area contributed by atoms with Crippen LogP contribution < -0.4 is 5.32 Å². The molecule has 1 aromatic carbocycles. The smallest absolute Gasteiger partial charge is 0.0662 e. The highest BCUT2D eigenvalue weighted by Gasteiger charge is 2.00. The predicted molar refractivity (Wildman–Crippen MR) is 69.9 cm³/mol. The summed E-state index contributed by atoms with van der Waals surface area (Å²) in [4.78, 5) is 0. The Morgan fingerprint density at radius 3 is 2.76 bits per heavy atom. The first-order valence-corrected chi connectivity index (χ1v) is 6.06. The maximum Gasteiger partial charge on any atom is 0.0662 e. The van der Waals surface area contributed by atoms with E-state index in [2.05, 4.69) is 48.5 Å². The summed E-state index contributed by atoms with van der Waals surface area (Å²) in [6.45, 7) is 6.98.